The maximum absolute atomic E-state index is 11.4. The van der Waals surface area contributed by atoms with Gasteiger partial charge in [-0.15, -0.1) is 0 Å². The first kappa shape index (κ1) is 18.1. The zero-order chi connectivity index (χ0) is 18.9. The number of ether oxygens (including phenoxy) is 1. The number of carbonyl (C=O) groups excluding carboxylic acids is 1. The Morgan fingerprint density at radius 3 is 2.15 bits per heavy atom. The van der Waals surface area contributed by atoms with Gasteiger partial charge < -0.3 is 4.74 Å². The molecule has 0 N–H and O–H groups in total. The molecule has 4 heteroatoms. The Labute approximate surface area is 155 Å². The molecular weight excluding hydrogens is 324 g/mol. The van der Waals surface area contributed by atoms with Gasteiger partial charge in [0.25, 0.3) is 0 Å². The van der Waals surface area contributed by atoms with Crippen molar-refractivity contribution in [3.63, 3.8) is 0 Å². The van der Waals surface area contributed by atoms with Crippen molar-refractivity contribution in [2.45, 2.75) is 51.4 Å². The third-order valence-corrected chi connectivity index (χ3v) is 5.22. The summed E-state index contributed by atoms with van der Waals surface area (Å²) in [4.78, 5) is 19.3. The molecule has 0 radical (unpaired) electrons. The minimum atomic E-state index is -0.552. The van der Waals surface area contributed by atoms with E-state index >= 15 is 0 Å². The van der Waals surface area contributed by atoms with Crippen LogP contribution in [0.3, 0.4) is 0 Å². The molecular formula is C22H24N2O2. The molecule has 0 atom stereocenters. The molecule has 134 valence electrons. The lowest BCUT2D eigenvalue weighted by Crippen LogP contribution is -2.33. The van der Waals surface area contributed by atoms with E-state index < -0.39 is 5.97 Å². The Morgan fingerprint density at radius 2 is 1.54 bits per heavy atom. The number of methoxy groups -OCH3 is 1. The summed E-state index contributed by atoms with van der Waals surface area (Å²) >= 11 is 0. The molecule has 0 amide bonds. The normalized spacial score (nSPS) is 16.8. The van der Waals surface area contributed by atoms with Crippen LogP contribution in [-0.2, 0) is 15.6 Å². The number of esters is 1. The van der Waals surface area contributed by atoms with Gasteiger partial charge in [0.1, 0.15) is 0 Å². The van der Waals surface area contributed by atoms with E-state index in [-0.39, 0.29) is 16.7 Å². The molecule has 0 bridgehead atoms. The summed E-state index contributed by atoms with van der Waals surface area (Å²) in [5.41, 5.74) is 4.81. The van der Waals surface area contributed by atoms with Gasteiger partial charge in [-0.2, -0.15) is 0 Å². The molecule has 0 saturated heterocycles. The van der Waals surface area contributed by atoms with E-state index in [0.717, 1.165) is 5.56 Å². The zero-order valence-corrected chi connectivity index (χ0v) is 16.0. The van der Waals surface area contributed by atoms with Gasteiger partial charge in [-0.1, -0.05) is 45.6 Å². The lowest BCUT2D eigenvalue weighted by Gasteiger charge is -2.41. The van der Waals surface area contributed by atoms with Crippen molar-refractivity contribution in [2.75, 3.05) is 7.11 Å². The summed E-state index contributed by atoms with van der Waals surface area (Å²) in [5.74, 6) is 5.75. The van der Waals surface area contributed by atoms with E-state index in [9.17, 15) is 4.79 Å². The average molecular weight is 348 g/mol. The van der Waals surface area contributed by atoms with Gasteiger partial charge in [0, 0.05) is 18.0 Å². The number of fused-ring (bicyclic) bond motifs is 1. The lowest BCUT2D eigenvalue weighted by molar-refractivity contribution is 0.0586. The number of hydrogen-bond donors (Lipinski definition) is 0. The molecule has 1 heterocycles. The van der Waals surface area contributed by atoms with Crippen LogP contribution in [0.25, 0.3) is 0 Å². The van der Waals surface area contributed by atoms with Crippen molar-refractivity contribution in [1.29, 1.82) is 0 Å². The maximum Gasteiger partial charge on any atom is 0.376 e. The number of rotatable bonds is 1. The summed E-state index contributed by atoms with van der Waals surface area (Å²) in [6, 6.07) is 6.52. The maximum atomic E-state index is 11.4. The Balaban J connectivity index is 1.91. The lowest BCUT2D eigenvalue weighted by atomic mass is 9.63. The highest BCUT2D eigenvalue weighted by atomic mass is 16.5. The van der Waals surface area contributed by atoms with Crippen molar-refractivity contribution < 1.29 is 9.53 Å². The van der Waals surface area contributed by atoms with Crippen LogP contribution in [0.5, 0.6) is 0 Å². The van der Waals surface area contributed by atoms with Gasteiger partial charge in [0.2, 0.25) is 5.82 Å². The first-order chi connectivity index (χ1) is 12.2. The second kappa shape index (κ2) is 6.57. The molecule has 1 aliphatic rings. The van der Waals surface area contributed by atoms with Crippen molar-refractivity contribution >= 4 is 5.97 Å². The summed E-state index contributed by atoms with van der Waals surface area (Å²) in [6.07, 6.45) is 5.45. The molecule has 1 aliphatic carbocycles. The molecule has 0 unspecified atom stereocenters. The number of aromatic nitrogens is 2. The fourth-order valence-corrected chi connectivity index (χ4v) is 3.40. The monoisotopic (exact) mass is 348 g/mol. The topological polar surface area (TPSA) is 52.1 Å². The average Bonchev–Trinajstić information content (AvgIpc) is 2.63. The number of nitrogens with zero attached hydrogens (tertiary/aromatic N) is 2. The predicted octanol–water partition coefficient (Wildman–Crippen LogP) is 4.01. The first-order valence-electron chi connectivity index (χ1n) is 8.80. The first-order valence-corrected chi connectivity index (χ1v) is 8.80. The van der Waals surface area contributed by atoms with Crippen LogP contribution in [0.4, 0.5) is 0 Å². The van der Waals surface area contributed by atoms with Crippen LogP contribution >= 0.6 is 0 Å². The standard InChI is InChI=1S/C22H24N2O2/c1-21(2)10-11-22(3,4)18-12-15(8-9-17(18)21)6-7-16-13-23-19(24-14-16)20(25)26-5/h8-9,12-14H,10-11H2,1-5H3. The largest absolute Gasteiger partial charge is 0.463 e. The van der Waals surface area contributed by atoms with Gasteiger partial charge in [0.05, 0.1) is 12.7 Å². The van der Waals surface area contributed by atoms with E-state index in [1.54, 1.807) is 0 Å². The molecule has 2 aromatic rings. The summed E-state index contributed by atoms with van der Waals surface area (Å²) in [5, 5.41) is 0. The molecule has 0 fully saturated rings. The second-order valence-electron chi connectivity index (χ2n) is 8.07. The van der Waals surface area contributed by atoms with E-state index in [2.05, 4.69) is 72.4 Å². The van der Waals surface area contributed by atoms with E-state index in [1.165, 1.54) is 43.5 Å². The van der Waals surface area contributed by atoms with E-state index in [4.69, 9.17) is 0 Å². The molecule has 0 aliphatic heterocycles. The fraction of sp³-hybridized carbons (Fsp3) is 0.409. The Kier molecular flexibility index (Phi) is 4.58. The smallest absolute Gasteiger partial charge is 0.376 e. The van der Waals surface area contributed by atoms with Gasteiger partial charge in [-0.05, 0) is 46.9 Å². The van der Waals surface area contributed by atoms with Crippen LogP contribution in [0.15, 0.2) is 30.6 Å². The predicted molar refractivity (Wildman–Crippen MR) is 101 cm³/mol. The molecule has 0 spiro atoms. The molecule has 3 rings (SSSR count). The van der Waals surface area contributed by atoms with Crippen LogP contribution in [0, 0.1) is 11.8 Å². The summed E-state index contributed by atoms with van der Waals surface area (Å²) in [6.45, 7) is 9.23. The van der Waals surface area contributed by atoms with Crippen molar-refractivity contribution in [1.82, 2.24) is 9.97 Å². The molecule has 4 nitrogen and oxygen atoms in total. The second-order valence-corrected chi connectivity index (χ2v) is 8.07. The minimum Gasteiger partial charge on any atom is -0.463 e. The van der Waals surface area contributed by atoms with Crippen LogP contribution < -0.4 is 0 Å². The quantitative estimate of drug-likeness (QED) is 0.577. The number of benzene rings is 1. The SMILES string of the molecule is COC(=O)c1ncc(C#Cc2ccc3c(c2)C(C)(C)CCC3(C)C)cn1. The molecule has 1 aromatic heterocycles. The fourth-order valence-electron chi connectivity index (χ4n) is 3.40. The zero-order valence-electron chi connectivity index (χ0n) is 16.0. The Morgan fingerprint density at radius 1 is 0.962 bits per heavy atom. The van der Waals surface area contributed by atoms with Crippen LogP contribution in [0.1, 0.15) is 73.4 Å². The van der Waals surface area contributed by atoms with Crippen molar-refractivity contribution in [3.05, 3.63) is 58.7 Å². The van der Waals surface area contributed by atoms with Gasteiger partial charge in [-0.3, -0.25) is 0 Å². The molecule has 0 saturated carbocycles. The van der Waals surface area contributed by atoms with Crippen LogP contribution in [-0.4, -0.2) is 23.0 Å². The number of carbonyl (C=O) groups is 1. The van der Waals surface area contributed by atoms with Crippen molar-refractivity contribution in [2.24, 2.45) is 0 Å². The molecule has 1 aromatic carbocycles. The highest BCUT2D eigenvalue weighted by molar-refractivity contribution is 5.84. The van der Waals surface area contributed by atoms with Crippen molar-refractivity contribution in [3.8, 4) is 11.8 Å². The highest BCUT2D eigenvalue weighted by Crippen LogP contribution is 2.45. The van der Waals surface area contributed by atoms with Gasteiger partial charge in [0.15, 0.2) is 0 Å². The summed E-state index contributed by atoms with van der Waals surface area (Å²) < 4.78 is 4.59. The van der Waals surface area contributed by atoms with Gasteiger partial charge >= 0.3 is 5.97 Å². The third-order valence-electron chi connectivity index (χ3n) is 5.22. The minimum absolute atomic E-state index is 0.0378. The summed E-state index contributed by atoms with van der Waals surface area (Å²) in [7, 11) is 1.30. The Hall–Kier alpha value is -2.67. The third kappa shape index (κ3) is 3.48. The van der Waals surface area contributed by atoms with E-state index in [0.29, 0.717) is 5.56 Å². The van der Waals surface area contributed by atoms with Crippen LogP contribution in [0.2, 0.25) is 0 Å². The molecule has 26 heavy (non-hydrogen) atoms. The Bertz CT molecular complexity index is 900. The van der Waals surface area contributed by atoms with Gasteiger partial charge in [-0.25, -0.2) is 14.8 Å². The van der Waals surface area contributed by atoms with E-state index in [1.807, 2.05) is 0 Å². The highest BCUT2D eigenvalue weighted by Gasteiger charge is 2.36. The number of hydrogen-bond acceptors (Lipinski definition) is 4.